The summed E-state index contributed by atoms with van der Waals surface area (Å²) in [7, 11) is 2.06. The van der Waals surface area contributed by atoms with Crippen LogP contribution in [0.25, 0.3) is 0 Å². The number of aliphatic hydroxyl groups is 1. The number of hydrogen-bond acceptors (Lipinski definition) is 2. The van der Waals surface area contributed by atoms with Gasteiger partial charge in [-0.05, 0) is 48.9 Å². The second-order valence-corrected chi connectivity index (χ2v) is 6.58. The number of aliphatic hydroxyl groups excluding tert-OH is 1. The molecule has 0 radical (unpaired) electrons. The first-order valence-electron chi connectivity index (χ1n) is 6.91. The van der Waals surface area contributed by atoms with Crippen LogP contribution in [0, 0.1) is 0 Å². The van der Waals surface area contributed by atoms with Gasteiger partial charge in [0.05, 0.1) is 6.10 Å². The van der Waals surface area contributed by atoms with Gasteiger partial charge in [0.25, 0.3) is 0 Å². The summed E-state index contributed by atoms with van der Waals surface area (Å²) in [5.41, 5.74) is 2.14. The highest BCUT2D eigenvalue weighted by atomic mass is 79.9. The molecular formula is C17H19BrClNO. The third kappa shape index (κ3) is 5.44. The molecule has 0 heterocycles. The number of benzene rings is 2. The lowest BCUT2D eigenvalue weighted by Gasteiger charge is -2.19. The first-order chi connectivity index (χ1) is 10.0. The fourth-order valence-corrected chi connectivity index (χ4v) is 2.67. The van der Waals surface area contributed by atoms with Crippen molar-refractivity contribution in [3.05, 3.63) is 69.2 Å². The van der Waals surface area contributed by atoms with Crippen LogP contribution in [0.2, 0.25) is 5.02 Å². The largest absolute Gasteiger partial charge is 0.388 e. The Morgan fingerprint density at radius 1 is 1.19 bits per heavy atom. The van der Waals surface area contributed by atoms with Crippen molar-refractivity contribution in [2.75, 3.05) is 13.6 Å². The highest BCUT2D eigenvalue weighted by Crippen LogP contribution is 2.20. The molecule has 21 heavy (non-hydrogen) atoms. The van der Waals surface area contributed by atoms with Crippen molar-refractivity contribution < 1.29 is 5.11 Å². The van der Waals surface area contributed by atoms with Crippen molar-refractivity contribution in [3.63, 3.8) is 0 Å². The van der Waals surface area contributed by atoms with Gasteiger partial charge in [-0.2, -0.15) is 0 Å². The second kappa shape index (κ2) is 7.95. The molecule has 0 saturated heterocycles. The molecule has 0 bridgehead atoms. The number of halogens is 2. The molecule has 0 fully saturated rings. The Balaban J connectivity index is 1.83. The first-order valence-corrected chi connectivity index (χ1v) is 8.08. The fourth-order valence-electron chi connectivity index (χ4n) is 2.20. The van der Waals surface area contributed by atoms with E-state index in [1.54, 1.807) is 0 Å². The Morgan fingerprint density at radius 3 is 2.57 bits per heavy atom. The summed E-state index contributed by atoms with van der Waals surface area (Å²) < 4.78 is 1.09. The minimum absolute atomic E-state index is 0.476. The van der Waals surface area contributed by atoms with Gasteiger partial charge in [0.2, 0.25) is 0 Å². The summed E-state index contributed by atoms with van der Waals surface area (Å²) in [4.78, 5) is 2.21. The van der Waals surface area contributed by atoms with Gasteiger partial charge >= 0.3 is 0 Å². The van der Waals surface area contributed by atoms with Crippen LogP contribution in [0.3, 0.4) is 0 Å². The number of hydrogen-bond donors (Lipinski definition) is 1. The Kier molecular flexibility index (Phi) is 6.24. The summed E-state index contributed by atoms with van der Waals surface area (Å²) >= 11 is 9.38. The van der Waals surface area contributed by atoms with Crippen molar-refractivity contribution in [3.8, 4) is 0 Å². The van der Waals surface area contributed by atoms with Crippen LogP contribution >= 0.6 is 27.5 Å². The lowest BCUT2D eigenvalue weighted by molar-refractivity contribution is 0.147. The van der Waals surface area contributed by atoms with Crippen LogP contribution in [0.15, 0.2) is 53.0 Å². The molecule has 1 N–H and O–H groups in total. The third-order valence-corrected chi connectivity index (χ3v) is 4.15. The predicted octanol–water partition coefficient (Wildman–Crippen LogP) is 4.66. The molecule has 2 aromatic carbocycles. The highest BCUT2D eigenvalue weighted by molar-refractivity contribution is 9.10. The van der Waals surface area contributed by atoms with Crippen LogP contribution in [0.4, 0.5) is 0 Å². The van der Waals surface area contributed by atoms with Crippen LogP contribution in [0.1, 0.15) is 23.7 Å². The van der Waals surface area contributed by atoms with Gasteiger partial charge in [0.15, 0.2) is 0 Å². The normalized spacial score (nSPS) is 12.6. The molecule has 112 valence electrons. The van der Waals surface area contributed by atoms with Gasteiger partial charge in [-0.1, -0.05) is 51.8 Å². The Hall–Kier alpha value is -0.870. The zero-order chi connectivity index (χ0) is 15.2. The van der Waals surface area contributed by atoms with Crippen LogP contribution in [0.5, 0.6) is 0 Å². The first kappa shape index (κ1) is 16.5. The van der Waals surface area contributed by atoms with Crippen molar-refractivity contribution in [2.24, 2.45) is 0 Å². The van der Waals surface area contributed by atoms with Gasteiger partial charge in [0, 0.05) is 22.6 Å². The lowest BCUT2D eigenvalue weighted by atomic mass is 10.1. The molecule has 0 aromatic heterocycles. The van der Waals surface area contributed by atoms with E-state index in [9.17, 15) is 5.11 Å². The van der Waals surface area contributed by atoms with E-state index in [-0.39, 0.29) is 0 Å². The average Bonchev–Trinajstić information content (AvgIpc) is 2.47. The van der Waals surface area contributed by atoms with E-state index in [1.807, 2.05) is 36.4 Å². The van der Waals surface area contributed by atoms with Crippen LogP contribution in [-0.2, 0) is 6.54 Å². The second-order valence-electron chi connectivity index (χ2n) is 5.22. The SMILES string of the molecule is CN(CCC(O)c1cccc(Cl)c1)Cc1ccc(Br)cc1. The molecule has 0 aliphatic rings. The predicted molar refractivity (Wildman–Crippen MR) is 91.5 cm³/mol. The highest BCUT2D eigenvalue weighted by Gasteiger charge is 2.09. The molecule has 0 amide bonds. The summed E-state index contributed by atoms with van der Waals surface area (Å²) in [5, 5.41) is 10.9. The van der Waals surface area contributed by atoms with E-state index < -0.39 is 6.10 Å². The molecular weight excluding hydrogens is 350 g/mol. The van der Waals surface area contributed by atoms with E-state index in [0.717, 1.165) is 23.1 Å². The van der Waals surface area contributed by atoms with Gasteiger partial charge in [0.1, 0.15) is 0 Å². The molecule has 2 aromatic rings. The molecule has 0 spiro atoms. The minimum atomic E-state index is -0.476. The van der Waals surface area contributed by atoms with Gasteiger partial charge < -0.3 is 10.0 Å². The van der Waals surface area contributed by atoms with Crippen LogP contribution < -0.4 is 0 Å². The lowest BCUT2D eigenvalue weighted by Crippen LogP contribution is -2.20. The molecule has 0 aliphatic heterocycles. The number of nitrogens with zero attached hydrogens (tertiary/aromatic N) is 1. The smallest absolute Gasteiger partial charge is 0.0802 e. The van der Waals surface area contributed by atoms with E-state index >= 15 is 0 Å². The zero-order valence-corrected chi connectivity index (χ0v) is 14.3. The minimum Gasteiger partial charge on any atom is -0.388 e. The van der Waals surface area contributed by atoms with Crippen molar-refractivity contribution in [2.45, 2.75) is 19.1 Å². The van der Waals surface area contributed by atoms with Gasteiger partial charge in [-0.25, -0.2) is 0 Å². The van der Waals surface area contributed by atoms with Crippen molar-refractivity contribution >= 4 is 27.5 Å². The zero-order valence-electron chi connectivity index (χ0n) is 12.0. The molecule has 1 atom stereocenters. The van der Waals surface area contributed by atoms with E-state index in [0.29, 0.717) is 11.4 Å². The number of rotatable bonds is 6. The third-order valence-electron chi connectivity index (χ3n) is 3.38. The Morgan fingerprint density at radius 2 is 1.90 bits per heavy atom. The maximum Gasteiger partial charge on any atom is 0.0802 e. The van der Waals surface area contributed by atoms with E-state index in [2.05, 4.69) is 40.0 Å². The molecule has 0 saturated carbocycles. The molecule has 1 unspecified atom stereocenters. The molecule has 0 aliphatic carbocycles. The maximum absolute atomic E-state index is 10.2. The summed E-state index contributed by atoms with van der Waals surface area (Å²) in [6, 6.07) is 15.7. The van der Waals surface area contributed by atoms with Crippen molar-refractivity contribution in [1.29, 1.82) is 0 Å². The van der Waals surface area contributed by atoms with Crippen LogP contribution in [-0.4, -0.2) is 23.6 Å². The van der Waals surface area contributed by atoms with E-state index in [4.69, 9.17) is 11.6 Å². The Bertz CT molecular complexity index is 573. The summed E-state index contributed by atoms with van der Waals surface area (Å²) in [6.07, 6.45) is 0.212. The van der Waals surface area contributed by atoms with Gasteiger partial charge in [-0.3, -0.25) is 0 Å². The van der Waals surface area contributed by atoms with E-state index in [1.165, 1.54) is 5.56 Å². The van der Waals surface area contributed by atoms with Gasteiger partial charge in [-0.15, -0.1) is 0 Å². The Labute approximate surface area is 139 Å². The molecule has 2 rings (SSSR count). The topological polar surface area (TPSA) is 23.5 Å². The summed E-state index contributed by atoms with van der Waals surface area (Å²) in [5.74, 6) is 0. The maximum atomic E-state index is 10.2. The molecule has 4 heteroatoms. The standard InChI is InChI=1S/C17H19BrClNO/c1-20(12-13-5-7-15(18)8-6-13)10-9-17(21)14-3-2-4-16(19)11-14/h2-8,11,17,21H,9-10,12H2,1H3. The average molecular weight is 369 g/mol. The summed E-state index contributed by atoms with van der Waals surface area (Å²) in [6.45, 7) is 1.69. The quantitative estimate of drug-likeness (QED) is 0.801. The van der Waals surface area contributed by atoms with Crippen molar-refractivity contribution in [1.82, 2.24) is 4.90 Å². The molecule has 2 nitrogen and oxygen atoms in total. The fraction of sp³-hybridized carbons (Fsp3) is 0.294. The monoisotopic (exact) mass is 367 g/mol.